The molecular weight excluding hydrogens is 369 g/mol. The molecule has 0 saturated heterocycles. The quantitative estimate of drug-likeness (QED) is 0.314. The molecule has 0 aromatic heterocycles. The largest absolute Gasteiger partial charge is 0.454 e. The van der Waals surface area contributed by atoms with E-state index < -0.39 is 30.3 Å². The smallest absolute Gasteiger partial charge is 0.347 e. The number of nitrogens with zero attached hydrogens (tertiary/aromatic N) is 1. The molecule has 0 amide bonds. The number of carbonyl (C=O) groups is 2. The van der Waals surface area contributed by atoms with Crippen molar-refractivity contribution in [2.24, 2.45) is 5.16 Å². The number of Topliss-reactive ketones (excluding diaryl/α,β-unsaturated/α-hetero) is 1. The van der Waals surface area contributed by atoms with E-state index >= 15 is 0 Å². The van der Waals surface area contributed by atoms with Crippen molar-refractivity contribution in [1.82, 2.24) is 0 Å². The zero-order valence-electron chi connectivity index (χ0n) is 15.3. The molecule has 1 atom stereocenters. The molecule has 3 rings (SSSR count). The Hall–Kier alpha value is -3.42. The van der Waals surface area contributed by atoms with E-state index in [0.29, 0.717) is 17.2 Å². The van der Waals surface area contributed by atoms with Gasteiger partial charge in [0.1, 0.15) is 5.82 Å². The Kier molecular flexibility index (Phi) is 5.88. The Balaban J connectivity index is 1.50. The van der Waals surface area contributed by atoms with Gasteiger partial charge in [0.2, 0.25) is 19.2 Å². The first-order valence-electron chi connectivity index (χ1n) is 8.50. The van der Waals surface area contributed by atoms with Crippen LogP contribution in [0.5, 0.6) is 11.5 Å². The average molecular weight is 387 g/mol. The SMILES string of the molecule is CC(=NOCC(=O)OC(C)C(=O)c1ccc(F)cc1)c1ccc2c(c1)OCO2. The molecule has 1 unspecified atom stereocenters. The van der Waals surface area contributed by atoms with Crippen molar-refractivity contribution in [3.05, 3.63) is 59.4 Å². The summed E-state index contributed by atoms with van der Waals surface area (Å²) in [4.78, 5) is 29.0. The molecule has 146 valence electrons. The molecule has 0 saturated carbocycles. The molecule has 0 fully saturated rings. The zero-order chi connectivity index (χ0) is 20.1. The summed E-state index contributed by atoms with van der Waals surface area (Å²) in [5.74, 6) is -0.371. The highest BCUT2D eigenvalue weighted by Crippen LogP contribution is 2.32. The number of fused-ring (bicyclic) bond motifs is 1. The van der Waals surface area contributed by atoms with Gasteiger partial charge in [-0.25, -0.2) is 9.18 Å². The number of hydrogen-bond donors (Lipinski definition) is 0. The molecule has 2 aromatic rings. The van der Waals surface area contributed by atoms with E-state index in [9.17, 15) is 14.0 Å². The van der Waals surface area contributed by atoms with E-state index in [1.807, 2.05) is 0 Å². The maximum Gasteiger partial charge on any atom is 0.347 e. The molecule has 1 aliphatic heterocycles. The summed E-state index contributed by atoms with van der Waals surface area (Å²) in [7, 11) is 0. The molecule has 1 heterocycles. The van der Waals surface area contributed by atoms with E-state index in [2.05, 4.69) is 5.16 Å². The number of benzene rings is 2. The Morgan fingerprint density at radius 1 is 1.11 bits per heavy atom. The number of hydrogen-bond acceptors (Lipinski definition) is 7. The number of ketones is 1. The molecule has 7 nitrogen and oxygen atoms in total. The van der Waals surface area contributed by atoms with E-state index in [1.165, 1.54) is 31.2 Å². The van der Waals surface area contributed by atoms with Crippen LogP contribution < -0.4 is 9.47 Å². The summed E-state index contributed by atoms with van der Waals surface area (Å²) < 4.78 is 28.5. The molecule has 0 radical (unpaired) electrons. The van der Waals surface area contributed by atoms with Gasteiger partial charge < -0.3 is 19.0 Å². The minimum atomic E-state index is -1.03. The van der Waals surface area contributed by atoms with Gasteiger partial charge in [-0.05, 0) is 56.3 Å². The number of carbonyl (C=O) groups excluding carboxylic acids is 2. The molecule has 0 bridgehead atoms. The molecule has 28 heavy (non-hydrogen) atoms. The van der Waals surface area contributed by atoms with Crippen molar-refractivity contribution >= 4 is 17.5 Å². The summed E-state index contributed by atoms with van der Waals surface area (Å²) in [5.41, 5.74) is 1.53. The van der Waals surface area contributed by atoms with Crippen molar-refractivity contribution in [1.29, 1.82) is 0 Å². The third kappa shape index (κ3) is 4.64. The van der Waals surface area contributed by atoms with Crippen molar-refractivity contribution < 1.29 is 33.0 Å². The van der Waals surface area contributed by atoms with Crippen LogP contribution in [0.2, 0.25) is 0 Å². The van der Waals surface area contributed by atoms with Crippen LogP contribution in [0.1, 0.15) is 29.8 Å². The monoisotopic (exact) mass is 387 g/mol. The van der Waals surface area contributed by atoms with Gasteiger partial charge in [-0.15, -0.1) is 0 Å². The van der Waals surface area contributed by atoms with Gasteiger partial charge in [0.25, 0.3) is 0 Å². The van der Waals surface area contributed by atoms with Crippen molar-refractivity contribution in [3.63, 3.8) is 0 Å². The van der Waals surface area contributed by atoms with Gasteiger partial charge in [0.05, 0.1) is 5.71 Å². The maximum absolute atomic E-state index is 12.9. The summed E-state index contributed by atoms with van der Waals surface area (Å²) >= 11 is 0. The Morgan fingerprint density at radius 3 is 2.54 bits per heavy atom. The fourth-order valence-electron chi connectivity index (χ4n) is 2.49. The lowest BCUT2D eigenvalue weighted by Crippen LogP contribution is -2.26. The number of oxime groups is 1. The highest BCUT2D eigenvalue weighted by atomic mass is 19.1. The standard InChI is InChI=1S/C20H18FNO6/c1-12(15-5-8-17-18(9-15)26-11-25-17)22-27-10-19(23)28-13(2)20(24)14-3-6-16(21)7-4-14/h3-9,13H,10-11H2,1-2H3. The minimum absolute atomic E-state index is 0.173. The molecule has 8 heteroatoms. The van der Waals surface area contributed by atoms with Gasteiger partial charge >= 0.3 is 5.97 Å². The van der Waals surface area contributed by atoms with Crippen molar-refractivity contribution in [2.75, 3.05) is 13.4 Å². The van der Waals surface area contributed by atoms with Gasteiger partial charge in [0, 0.05) is 11.1 Å². The topological polar surface area (TPSA) is 83.4 Å². The van der Waals surface area contributed by atoms with Gasteiger partial charge in [0.15, 0.2) is 17.6 Å². The lowest BCUT2D eigenvalue weighted by molar-refractivity contribution is -0.151. The van der Waals surface area contributed by atoms with E-state index in [4.69, 9.17) is 19.0 Å². The number of ether oxygens (including phenoxy) is 3. The fourth-order valence-corrected chi connectivity index (χ4v) is 2.49. The van der Waals surface area contributed by atoms with Crippen molar-refractivity contribution in [2.45, 2.75) is 20.0 Å². The molecule has 0 aliphatic carbocycles. The van der Waals surface area contributed by atoms with E-state index in [0.717, 1.165) is 5.56 Å². The number of rotatable bonds is 7. The van der Waals surface area contributed by atoms with Crippen LogP contribution in [0.25, 0.3) is 0 Å². The van der Waals surface area contributed by atoms with Crippen LogP contribution in [0.3, 0.4) is 0 Å². The van der Waals surface area contributed by atoms with Crippen LogP contribution in [-0.2, 0) is 14.4 Å². The zero-order valence-corrected chi connectivity index (χ0v) is 15.3. The fraction of sp³-hybridized carbons (Fsp3) is 0.250. The lowest BCUT2D eigenvalue weighted by atomic mass is 10.1. The van der Waals surface area contributed by atoms with E-state index in [-0.39, 0.29) is 12.4 Å². The maximum atomic E-state index is 12.9. The molecule has 2 aromatic carbocycles. The highest BCUT2D eigenvalue weighted by molar-refractivity contribution is 6.00. The van der Waals surface area contributed by atoms with Crippen LogP contribution in [-0.4, -0.2) is 37.0 Å². The third-order valence-corrected chi connectivity index (χ3v) is 3.98. The summed E-state index contributed by atoms with van der Waals surface area (Å²) in [5, 5.41) is 3.87. The van der Waals surface area contributed by atoms with Crippen LogP contribution in [0, 0.1) is 5.82 Å². The van der Waals surface area contributed by atoms with Crippen LogP contribution >= 0.6 is 0 Å². The minimum Gasteiger partial charge on any atom is -0.454 e. The van der Waals surface area contributed by atoms with Gasteiger partial charge in [-0.1, -0.05) is 5.16 Å². The second-order valence-electron chi connectivity index (χ2n) is 6.02. The summed E-state index contributed by atoms with van der Waals surface area (Å²) in [6.45, 7) is 2.86. The average Bonchev–Trinajstić information content (AvgIpc) is 3.15. The molecule has 0 N–H and O–H groups in total. The Morgan fingerprint density at radius 2 is 1.79 bits per heavy atom. The number of esters is 1. The second-order valence-corrected chi connectivity index (χ2v) is 6.02. The molecule has 1 aliphatic rings. The Labute approximate surface area is 160 Å². The second kappa shape index (κ2) is 8.51. The first-order valence-corrected chi connectivity index (χ1v) is 8.50. The first kappa shape index (κ1) is 19.3. The molecule has 0 spiro atoms. The Bertz CT molecular complexity index is 909. The highest BCUT2D eigenvalue weighted by Gasteiger charge is 2.20. The number of halogens is 1. The predicted octanol–water partition coefficient (Wildman–Crippen LogP) is 3.11. The summed E-state index contributed by atoms with van der Waals surface area (Å²) in [6.07, 6.45) is -1.03. The molecular formula is C20H18FNO6. The van der Waals surface area contributed by atoms with Crippen LogP contribution in [0.15, 0.2) is 47.6 Å². The van der Waals surface area contributed by atoms with Gasteiger partial charge in [-0.2, -0.15) is 0 Å². The first-order chi connectivity index (χ1) is 13.4. The third-order valence-electron chi connectivity index (χ3n) is 3.98. The van der Waals surface area contributed by atoms with E-state index in [1.54, 1.807) is 25.1 Å². The lowest BCUT2D eigenvalue weighted by Gasteiger charge is -2.12. The van der Waals surface area contributed by atoms with Crippen molar-refractivity contribution in [3.8, 4) is 11.5 Å². The normalized spacial score (nSPS) is 13.8. The van der Waals surface area contributed by atoms with Gasteiger partial charge in [-0.3, -0.25) is 4.79 Å². The van der Waals surface area contributed by atoms with Crippen LogP contribution in [0.4, 0.5) is 4.39 Å². The summed E-state index contributed by atoms with van der Waals surface area (Å²) in [6, 6.07) is 10.3. The predicted molar refractivity (Wildman–Crippen MR) is 97.0 cm³/mol.